The van der Waals surface area contributed by atoms with E-state index < -0.39 is 16.1 Å². The summed E-state index contributed by atoms with van der Waals surface area (Å²) in [5.41, 5.74) is 8.79. The number of aryl methyl sites for hydroxylation is 2. The third kappa shape index (κ3) is 3.75. The monoisotopic (exact) mass is 483 g/mol. The van der Waals surface area contributed by atoms with E-state index in [9.17, 15) is 0 Å². The van der Waals surface area contributed by atoms with E-state index in [4.69, 9.17) is 0 Å². The Bertz CT molecular complexity index is 1230. The van der Waals surface area contributed by atoms with Crippen LogP contribution in [0.15, 0.2) is 82.8 Å². The third-order valence-corrected chi connectivity index (χ3v) is 14.5. The maximum absolute atomic E-state index is 2.86. The fourth-order valence-electron chi connectivity index (χ4n) is 5.50. The van der Waals surface area contributed by atoms with Crippen molar-refractivity contribution >= 4 is 36.9 Å². The van der Waals surface area contributed by atoms with Crippen LogP contribution in [0, 0.1) is 13.8 Å². The van der Waals surface area contributed by atoms with Gasteiger partial charge in [0.1, 0.15) is 0 Å². The topological polar surface area (TPSA) is 0 Å². The first kappa shape index (κ1) is 24.0. The molecule has 0 aromatic heterocycles. The van der Waals surface area contributed by atoms with Gasteiger partial charge in [0.05, 0.1) is 0 Å². The minimum atomic E-state index is -2.86. The first-order valence-electron chi connectivity index (χ1n) is 10.6. The van der Waals surface area contributed by atoms with Gasteiger partial charge < -0.3 is 0 Å². The number of halogens is 2. The Morgan fingerprint density at radius 3 is 2.29 bits per heavy atom. The van der Waals surface area contributed by atoms with Gasteiger partial charge in [-0.25, -0.2) is 0 Å². The summed E-state index contributed by atoms with van der Waals surface area (Å²) in [4.78, 5) is 0. The van der Waals surface area contributed by atoms with Crippen molar-refractivity contribution in [3.63, 3.8) is 0 Å². The largest absolute Gasteiger partial charge is 0.147 e. The van der Waals surface area contributed by atoms with Gasteiger partial charge in [0.15, 0.2) is 0 Å². The predicted octanol–water partition coefficient (Wildman–Crippen LogP) is 6.49. The van der Waals surface area contributed by atoms with Gasteiger partial charge in [0, 0.05) is 0 Å². The van der Waals surface area contributed by atoms with Crippen molar-refractivity contribution < 1.29 is 16.1 Å². The zero-order chi connectivity index (χ0) is 20.0. The second kappa shape index (κ2) is 9.43. The molecule has 0 radical (unpaired) electrons. The average molecular weight is 484 g/mol. The van der Waals surface area contributed by atoms with Crippen LogP contribution in [-0.2, 0) is 22.5 Å². The Morgan fingerprint density at radius 2 is 1.61 bits per heavy atom. The van der Waals surface area contributed by atoms with Gasteiger partial charge >= 0.3 is 178 Å². The molecule has 0 aliphatic heterocycles. The van der Waals surface area contributed by atoms with Gasteiger partial charge in [-0.1, -0.05) is 0 Å². The van der Waals surface area contributed by atoms with Crippen LogP contribution in [0.1, 0.15) is 35.6 Å². The van der Waals surface area contributed by atoms with Crippen molar-refractivity contribution in [2.45, 2.75) is 33.6 Å². The first-order valence-corrected chi connectivity index (χ1v) is 13.8. The van der Waals surface area contributed by atoms with Crippen LogP contribution in [0.25, 0.3) is 11.1 Å². The van der Waals surface area contributed by atoms with Crippen LogP contribution >= 0.6 is 24.8 Å². The van der Waals surface area contributed by atoms with Crippen molar-refractivity contribution in [3.8, 4) is 11.1 Å². The molecule has 2 aliphatic rings. The van der Waals surface area contributed by atoms with Crippen LogP contribution < -0.4 is 7.74 Å². The van der Waals surface area contributed by atoms with E-state index in [0.717, 1.165) is 12.8 Å². The van der Waals surface area contributed by atoms with E-state index >= 15 is 0 Å². The molecule has 0 spiro atoms. The second-order valence-electron chi connectivity index (χ2n) is 8.41. The summed E-state index contributed by atoms with van der Waals surface area (Å²) in [6, 6.07) is 23.1. The van der Waals surface area contributed by atoms with Crippen molar-refractivity contribution in [1.29, 1.82) is 0 Å². The molecule has 3 aromatic carbocycles. The summed E-state index contributed by atoms with van der Waals surface area (Å²) in [6.07, 6.45) is 9.17. The smallest absolute Gasteiger partial charge is 0.147 e. The van der Waals surface area contributed by atoms with Crippen LogP contribution in [0.4, 0.5) is 0 Å². The number of hydrogen-bond acceptors (Lipinski definition) is 0. The Labute approximate surface area is 201 Å². The summed E-state index contributed by atoms with van der Waals surface area (Å²) in [5.74, 6) is 0. The summed E-state index contributed by atoms with van der Waals surface area (Å²) < 4.78 is 7.49. The van der Waals surface area contributed by atoms with Crippen LogP contribution in [0.2, 0.25) is 0 Å². The molecule has 1 atom stereocenters. The van der Waals surface area contributed by atoms with Gasteiger partial charge in [-0.15, -0.1) is 24.8 Å². The molecule has 0 heterocycles. The molecule has 3 aromatic rings. The normalized spacial score (nSPS) is 15.1. The zero-order valence-corrected chi connectivity index (χ0v) is 21.5. The van der Waals surface area contributed by atoms with Gasteiger partial charge in [0.25, 0.3) is 0 Å². The molecule has 0 bridgehead atoms. The molecule has 0 fully saturated rings. The molecular weight excluding hydrogens is 455 g/mol. The number of benzene rings is 3. The summed E-state index contributed by atoms with van der Waals surface area (Å²) in [6.45, 7) is 6.85. The van der Waals surface area contributed by atoms with Crippen molar-refractivity contribution in [2.24, 2.45) is 0 Å². The quantitative estimate of drug-likeness (QED) is 0.292. The van der Waals surface area contributed by atoms with Gasteiger partial charge in [-0.3, -0.25) is 0 Å². The number of allylic oxidation sites excluding steroid dienone is 4. The average Bonchev–Trinajstić information content (AvgIpc) is 3.39. The molecule has 2 aliphatic carbocycles. The second-order valence-corrected chi connectivity index (χ2v) is 14.5. The molecule has 0 nitrogen and oxygen atoms in total. The minimum absolute atomic E-state index is 0. The standard InChI is InChI=1S/C15H13.C6H5.C5H5.C2H4.2ClH.Ti/c1-10-3-5-14-12(7-10)9-13-8-11(2)4-6-15(13)14;1-2-4-6-5-3-1;1-2-4-5-3-1;1-2;;;/h3-7H,9H2,1-2H3;1-5H;1-3H,4H2;1H,2H3;2*1H;. The van der Waals surface area contributed by atoms with E-state index in [0.29, 0.717) is 0 Å². The molecule has 1 unspecified atom stereocenters. The van der Waals surface area contributed by atoms with Crippen molar-refractivity contribution in [1.82, 2.24) is 0 Å². The Hall–Kier alpha value is -1.70. The number of fused-ring (bicyclic) bond motifs is 3. The van der Waals surface area contributed by atoms with Crippen molar-refractivity contribution in [3.05, 3.63) is 105 Å². The molecule has 31 heavy (non-hydrogen) atoms. The first-order chi connectivity index (χ1) is 14.1. The van der Waals surface area contributed by atoms with E-state index in [1.54, 1.807) is 17.2 Å². The van der Waals surface area contributed by atoms with E-state index in [-0.39, 0.29) is 24.8 Å². The van der Waals surface area contributed by atoms with Crippen LogP contribution in [0.5, 0.6) is 0 Å². The SMILES string of the molecule is C[CH]=[Ti]([C]1=CC=CC1)([c]1ccccc1)[c]1c(C)ccc2c1Cc1cc(C)ccc1-2.Cl.Cl. The molecular formula is C28H29Cl2Ti. The van der Waals surface area contributed by atoms with Gasteiger partial charge in [0.2, 0.25) is 0 Å². The van der Waals surface area contributed by atoms with Gasteiger partial charge in [-0.2, -0.15) is 0 Å². The number of rotatable bonds is 3. The van der Waals surface area contributed by atoms with Crippen molar-refractivity contribution in [2.75, 3.05) is 0 Å². The van der Waals surface area contributed by atoms with Crippen LogP contribution in [0.3, 0.4) is 0 Å². The molecule has 159 valence electrons. The summed E-state index contributed by atoms with van der Waals surface area (Å²) in [7, 11) is 0. The molecule has 0 saturated carbocycles. The Kier molecular flexibility index (Phi) is 7.29. The molecule has 0 amide bonds. The minimum Gasteiger partial charge on any atom is -0.147 e. The summed E-state index contributed by atoms with van der Waals surface area (Å²) in [5, 5.41) is 0. The summed E-state index contributed by atoms with van der Waals surface area (Å²) >= 11 is -2.86. The Balaban J connectivity index is 0.00000136. The van der Waals surface area contributed by atoms with Gasteiger partial charge in [-0.05, 0) is 0 Å². The Morgan fingerprint density at radius 1 is 0.871 bits per heavy atom. The number of hydrogen-bond donors (Lipinski definition) is 0. The maximum atomic E-state index is 2.62. The van der Waals surface area contributed by atoms with Crippen LogP contribution in [-0.4, -0.2) is 4.31 Å². The zero-order valence-electron chi connectivity index (χ0n) is 18.3. The predicted molar refractivity (Wildman–Crippen MR) is 138 cm³/mol. The van der Waals surface area contributed by atoms with E-state index in [2.05, 4.69) is 104 Å². The molecule has 5 rings (SSSR count). The fourth-order valence-corrected chi connectivity index (χ4v) is 13.1. The van der Waals surface area contributed by atoms with E-state index in [1.807, 2.05) is 0 Å². The van der Waals surface area contributed by atoms with E-state index in [1.165, 1.54) is 27.8 Å². The fraction of sp³-hybridized carbons (Fsp3) is 0.179. The molecule has 0 N–H and O–H groups in total. The maximum Gasteiger partial charge on any atom is -0.147 e. The molecule has 0 saturated heterocycles. The third-order valence-electron chi connectivity index (χ3n) is 6.77. The molecule has 3 heteroatoms.